The third kappa shape index (κ3) is 4.12. The van der Waals surface area contributed by atoms with Crippen molar-refractivity contribution in [1.29, 1.82) is 0 Å². The molecule has 8 heteroatoms. The lowest BCUT2D eigenvalue weighted by Crippen LogP contribution is -2.57. The van der Waals surface area contributed by atoms with Crippen molar-refractivity contribution in [1.82, 2.24) is 20.0 Å². The van der Waals surface area contributed by atoms with Crippen LogP contribution in [0, 0.1) is 5.92 Å². The highest BCUT2D eigenvalue weighted by Crippen LogP contribution is 2.29. The highest BCUT2D eigenvalue weighted by Gasteiger charge is 2.35. The van der Waals surface area contributed by atoms with E-state index in [-0.39, 0.29) is 17.7 Å². The number of nitrogens with one attached hydrogen (secondary N) is 1. The molecular weight excluding hydrogens is 402 g/mol. The van der Waals surface area contributed by atoms with Gasteiger partial charge in [0.1, 0.15) is 5.75 Å². The molecule has 0 spiro atoms. The Labute approximate surface area is 178 Å². The van der Waals surface area contributed by atoms with Crippen LogP contribution >= 0.6 is 0 Å². The predicted molar refractivity (Wildman–Crippen MR) is 112 cm³/mol. The summed E-state index contributed by atoms with van der Waals surface area (Å²) in [5.41, 5.74) is 1.89. The van der Waals surface area contributed by atoms with Gasteiger partial charge in [0.15, 0.2) is 5.69 Å². The zero-order valence-electron chi connectivity index (χ0n) is 17.0. The standard InChI is InChI=1S/C23H24F2N4O2/c24-23(25)31-17-6-7-18-20(12-17)29(13-15-4-2-1-3-5-15)27-21(18)22(30)26-19-14-28-10-8-16(19)9-11-28/h1-7,12,16,19,23H,8-11,13-14H2,(H,26,30)/t19-/m0/s1. The van der Waals surface area contributed by atoms with Gasteiger partial charge in [-0.25, -0.2) is 0 Å². The Balaban J connectivity index is 1.47. The van der Waals surface area contributed by atoms with Gasteiger partial charge in [0.05, 0.1) is 12.1 Å². The van der Waals surface area contributed by atoms with Gasteiger partial charge < -0.3 is 15.0 Å². The van der Waals surface area contributed by atoms with Gasteiger partial charge in [-0.2, -0.15) is 13.9 Å². The van der Waals surface area contributed by atoms with Crippen LogP contribution in [0.4, 0.5) is 8.78 Å². The van der Waals surface area contributed by atoms with E-state index >= 15 is 0 Å². The monoisotopic (exact) mass is 426 g/mol. The molecule has 0 aliphatic carbocycles. The molecule has 31 heavy (non-hydrogen) atoms. The minimum Gasteiger partial charge on any atom is -0.435 e. The molecule has 3 aromatic rings. The Bertz CT molecular complexity index is 1080. The normalized spacial score (nSPS) is 22.7. The predicted octanol–water partition coefficient (Wildman–Crippen LogP) is 3.51. The Morgan fingerprint density at radius 2 is 1.94 bits per heavy atom. The average Bonchev–Trinajstić information content (AvgIpc) is 3.13. The second kappa shape index (κ2) is 8.26. The zero-order chi connectivity index (χ0) is 21.4. The summed E-state index contributed by atoms with van der Waals surface area (Å²) in [5.74, 6) is 0.316. The summed E-state index contributed by atoms with van der Waals surface area (Å²) in [6.07, 6.45) is 2.20. The molecule has 3 aliphatic rings. The fourth-order valence-corrected chi connectivity index (χ4v) is 4.74. The fourth-order valence-electron chi connectivity index (χ4n) is 4.74. The fraction of sp³-hybridized carbons (Fsp3) is 0.391. The summed E-state index contributed by atoms with van der Waals surface area (Å²) < 4.78 is 31.7. The van der Waals surface area contributed by atoms with Crippen LogP contribution in [0.25, 0.3) is 10.9 Å². The molecule has 2 aromatic carbocycles. The number of fused-ring (bicyclic) bond motifs is 4. The minimum absolute atomic E-state index is 0.0426. The van der Waals surface area contributed by atoms with E-state index in [0.29, 0.717) is 29.1 Å². The van der Waals surface area contributed by atoms with Crippen LogP contribution in [-0.4, -0.2) is 52.9 Å². The van der Waals surface area contributed by atoms with E-state index in [1.54, 1.807) is 10.7 Å². The number of piperidine rings is 3. The van der Waals surface area contributed by atoms with Crippen molar-refractivity contribution in [3.05, 3.63) is 59.8 Å². The van der Waals surface area contributed by atoms with Gasteiger partial charge in [-0.1, -0.05) is 30.3 Å². The SMILES string of the molecule is O=C(N[C@H]1CN2CCC1CC2)c1nn(Cc2ccccc2)c2cc(OC(F)F)ccc12. The van der Waals surface area contributed by atoms with Crippen LogP contribution in [0.3, 0.4) is 0 Å². The number of benzene rings is 2. The van der Waals surface area contributed by atoms with E-state index in [1.165, 1.54) is 12.1 Å². The van der Waals surface area contributed by atoms with Crippen molar-refractivity contribution in [2.75, 3.05) is 19.6 Å². The van der Waals surface area contributed by atoms with Gasteiger partial charge in [0, 0.05) is 24.0 Å². The maximum Gasteiger partial charge on any atom is 0.387 e. The molecular formula is C23H24F2N4O2. The number of halogens is 2. The van der Waals surface area contributed by atoms with Gasteiger partial charge in [-0.3, -0.25) is 9.48 Å². The van der Waals surface area contributed by atoms with Crippen molar-refractivity contribution in [2.45, 2.75) is 32.0 Å². The van der Waals surface area contributed by atoms with E-state index < -0.39 is 6.61 Å². The summed E-state index contributed by atoms with van der Waals surface area (Å²) in [6, 6.07) is 14.4. The van der Waals surface area contributed by atoms with Crippen molar-refractivity contribution in [3.63, 3.8) is 0 Å². The highest BCUT2D eigenvalue weighted by atomic mass is 19.3. The average molecular weight is 426 g/mol. The summed E-state index contributed by atoms with van der Waals surface area (Å²) in [5, 5.41) is 8.38. The smallest absolute Gasteiger partial charge is 0.387 e. The van der Waals surface area contributed by atoms with Crippen LogP contribution in [0.1, 0.15) is 28.9 Å². The van der Waals surface area contributed by atoms with Crippen LogP contribution in [-0.2, 0) is 6.54 Å². The first-order valence-corrected chi connectivity index (χ1v) is 10.6. The molecule has 1 amide bonds. The quantitative estimate of drug-likeness (QED) is 0.655. The van der Waals surface area contributed by atoms with Gasteiger partial charge in [-0.15, -0.1) is 0 Å². The molecule has 162 valence electrons. The first-order chi connectivity index (χ1) is 15.1. The summed E-state index contributed by atoms with van der Waals surface area (Å²) in [4.78, 5) is 15.6. The molecule has 2 bridgehead atoms. The zero-order valence-corrected chi connectivity index (χ0v) is 17.0. The van der Waals surface area contributed by atoms with Crippen LogP contribution in [0.2, 0.25) is 0 Å². The lowest BCUT2D eigenvalue weighted by molar-refractivity contribution is -0.0497. The largest absolute Gasteiger partial charge is 0.435 e. The lowest BCUT2D eigenvalue weighted by atomic mass is 9.84. The summed E-state index contributed by atoms with van der Waals surface area (Å²) >= 11 is 0. The van der Waals surface area contributed by atoms with E-state index in [1.807, 2.05) is 30.3 Å². The molecule has 0 radical (unpaired) electrons. The summed E-state index contributed by atoms with van der Waals surface area (Å²) in [6.45, 7) is 0.563. The van der Waals surface area contributed by atoms with Crippen molar-refractivity contribution >= 4 is 16.8 Å². The van der Waals surface area contributed by atoms with E-state index in [0.717, 1.165) is 38.0 Å². The van der Waals surface area contributed by atoms with Crippen molar-refractivity contribution in [3.8, 4) is 5.75 Å². The van der Waals surface area contributed by atoms with Crippen LogP contribution < -0.4 is 10.1 Å². The third-order valence-corrected chi connectivity index (χ3v) is 6.31. The van der Waals surface area contributed by atoms with Crippen molar-refractivity contribution < 1.29 is 18.3 Å². The Hall–Kier alpha value is -3.00. The molecule has 0 saturated carbocycles. The number of amides is 1. The Morgan fingerprint density at radius 3 is 2.61 bits per heavy atom. The van der Waals surface area contributed by atoms with E-state index in [9.17, 15) is 13.6 Å². The van der Waals surface area contributed by atoms with Gasteiger partial charge in [0.2, 0.25) is 0 Å². The van der Waals surface area contributed by atoms with Gasteiger partial charge in [0.25, 0.3) is 5.91 Å². The maximum atomic E-state index is 13.2. The number of nitrogens with zero attached hydrogens (tertiary/aromatic N) is 3. The van der Waals surface area contributed by atoms with Crippen LogP contribution in [0.5, 0.6) is 5.75 Å². The Morgan fingerprint density at radius 1 is 1.16 bits per heavy atom. The second-order valence-electron chi connectivity index (χ2n) is 8.27. The minimum atomic E-state index is -2.91. The molecule has 4 heterocycles. The molecule has 3 aliphatic heterocycles. The molecule has 0 unspecified atom stereocenters. The maximum absolute atomic E-state index is 13.2. The third-order valence-electron chi connectivity index (χ3n) is 6.31. The van der Waals surface area contributed by atoms with Gasteiger partial charge >= 0.3 is 6.61 Å². The number of carbonyl (C=O) groups is 1. The molecule has 3 saturated heterocycles. The topological polar surface area (TPSA) is 59.4 Å². The number of hydrogen-bond donors (Lipinski definition) is 1. The highest BCUT2D eigenvalue weighted by molar-refractivity contribution is 6.05. The molecule has 1 aromatic heterocycles. The first-order valence-electron chi connectivity index (χ1n) is 10.6. The number of alkyl halides is 2. The molecule has 1 N–H and O–H groups in total. The molecule has 3 fully saturated rings. The number of aromatic nitrogens is 2. The molecule has 6 nitrogen and oxygen atoms in total. The number of rotatable bonds is 6. The van der Waals surface area contributed by atoms with Gasteiger partial charge in [-0.05, 0) is 49.5 Å². The van der Waals surface area contributed by atoms with E-state index in [2.05, 4.69) is 20.1 Å². The number of ether oxygens (including phenoxy) is 1. The Kier molecular flexibility index (Phi) is 5.31. The first kappa shape index (κ1) is 19.9. The van der Waals surface area contributed by atoms with Crippen LogP contribution in [0.15, 0.2) is 48.5 Å². The second-order valence-corrected chi connectivity index (χ2v) is 8.27. The summed E-state index contributed by atoms with van der Waals surface area (Å²) in [7, 11) is 0. The molecule has 1 atom stereocenters. The number of carbonyl (C=O) groups excluding carboxylic acids is 1. The molecule has 6 rings (SSSR count). The van der Waals surface area contributed by atoms with Crippen molar-refractivity contribution in [2.24, 2.45) is 5.92 Å². The lowest BCUT2D eigenvalue weighted by Gasteiger charge is -2.44. The van der Waals surface area contributed by atoms with E-state index in [4.69, 9.17) is 0 Å². The number of hydrogen-bond acceptors (Lipinski definition) is 4.